The minimum atomic E-state index is -3.33. The van der Waals surface area contributed by atoms with Crippen LogP contribution in [-0.2, 0) is 21.3 Å². The molecule has 2 rings (SSSR count). The van der Waals surface area contributed by atoms with Crippen LogP contribution in [0.5, 0.6) is 0 Å². The number of nitrogens with zero attached hydrogens (tertiary/aromatic N) is 1. The maximum atomic E-state index is 12.4. The van der Waals surface area contributed by atoms with Crippen LogP contribution in [-0.4, -0.2) is 45.6 Å². The Morgan fingerprint density at radius 3 is 2.79 bits per heavy atom. The van der Waals surface area contributed by atoms with Gasteiger partial charge in [-0.15, -0.1) is 11.3 Å². The number of thiophene rings is 1. The van der Waals surface area contributed by atoms with Gasteiger partial charge in [0, 0.05) is 24.5 Å². The zero-order valence-corrected chi connectivity index (χ0v) is 12.7. The van der Waals surface area contributed by atoms with Gasteiger partial charge in [-0.2, -0.15) is 4.31 Å². The van der Waals surface area contributed by atoms with Crippen LogP contribution in [0.15, 0.2) is 16.3 Å². The van der Waals surface area contributed by atoms with Gasteiger partial charge in [0.1, 0.15) is 4.21 Å². The third kappa shape index (κ3) is 3.76. The van der Waals surface area contributed by atoms with Crippen LogP contribution >= 0.6 is 11.3 Å². The Hall–Kier alpha value is -0.470. The Bertz CT molecular complexity index is 493. The normalized spacial score (nSPS) is 17.7. The van der Waals surface area contributed by atoms with E-state index in [4.69, 9.17) is 4.74 Å². The predicted molar refractivity (Wildman–Crippen MR) is 75.9 cm³/mol. The molecule has 2 heterocycles. The van der Waals surface area contributed by atoms with Crippen LogP contribution in [0.2, 0.25) is 0 Å². The van der Waals surface area contributed by atoms with Crippen LogP contribution < -0.4 is 5.32 Å². The van der Waals surface area contributed by atoms with Crippen molar-refractivity contribution in [3.05, 3.63) is 17.0 Å². The van der Waals surface area contributed by atoms with Gasteiger partial charge in [-0.1, -0.05) is 6.92 Å². The molecule has 1 aliphatic rings. The largest absolute Gasteiger partial charge is 0.379 e. The Kier molecular flexibility index (Phi) is 5.35. The SMILES string of the molecule is CCCNCc1ccc(S(=O)(=O)N2CCOCC2)s1. The summed E-state index contributed by atoms with van der Waals surface area (Å²) < 4.78 is 31.9. The molecule has 5 nitrogen and oxygen atoms in total. The summed E-state index contributed by atoms with van der Waals surface area (Å²) in [6.07, 6.45) is 1.07. The first kappa shape index (κ1) is 14.9. The molecule has 0 bridgehead atoms. The van der Waals surface area contributed by atoms with Gasteiger partial charge < -0.3 is 10.1 Å². The molecule has 0 unspecified atom stereocenters. The summed E-state index contributed by atoms with van der Waals surface area (Å²) in [5.74, 6) is 0. The molecular weight excluding hydrogens is 284 g/mol. The highest BCUT2D eigenvalue weighted by Crippen LogP contribution is 2.25. The highest BCUT2D eigenvalue weighted by Gasteiger charge is 2.27. The van der Waals surface area contributed by atoms with E-state index in [0.717, 1.165) is 24.4 Å². The highest BCUT2D eigenvalue weighted by atomic mass is 32.2. The molecule has 0 spiro atoms. The summed E-state index contributed by atoms with van der Waals surface area (Å²) in [5.41, 5.74) is 0. The van der Waals surface area contributed by atoms with Crippen molar-refractivity contribution in [1.82, 2.24) is 9.62 Å². The summed E-state index contributed by atoms with van der Waals surface area (Å²) in [5, 5.41) is 3.28. The Morgan fingerprint density at radius 1 is 1.37 bits per heavy atom. The molecule has 0 aromatic carbocycles. The van der Waals surface area contributed by atoms with Gasteiger partial charge in [0.15, 0.2) is 0 Å². The van der Waals surface area contributed by atoms with Crippen molar-refractivity contribution in [2.24, 2.45) is 0 Å². The van der Waals surface area contributed by atoms with E-state index in [1.165, 1.54) is 15.6 Å². The van der Waals surface area contributed by atoms with Crippen LogP contribution in [0.25, 0.3) is 0 Å². The molecule has 1 aliphatic heterocycles. The van der Waals surface area contributed by atoms with E-state index in [9.17, 15) is 8.42 Å². The van der Waals surface area contributed by atoms with Gasteiger partial charge in [-0.05, 0) is 25.1 Å². The number of morpholine rings is 1. The highest BCUT2D eigenvalue weighted by molar-refractivity contribution is 7.91. The van der Waals surface area contributed by atoms with E-state index >= 15 is 0 Å². The van der Waals surface area contributed by atoms with Crippen molar-refractivity contribution < 1.29 is 13.2 Å². The molecular formula is C12H20N2O3S2. The van der Waals surface area contributed by atoms with Gasteiger partial charge in [0.25, 0.3) is 10.0 Å². The van der Waals surface area contributed by atoms with Crippen LogP contribution in [0.3, 0.4) is 0 Å². The maximum Gasteiger partial charge on any atom is 0.252 e. The lowest BCUT2D eigenvalue weighted by Crippen LogP contribution is -2.40. The fraction of sp³-hybridized carbons (Fsp3) is 0.667. The van der Waals surface area contributed by atoms with Gasteiger partial charge in [-0.3, -0.25) is 0 Å². The molecule has 0 amide bonds. The number of nitrogens with one attached hydrogen (secondary N) is 1. The lowest BCUT2D eigenvalue weighted by molar-refractivity contribution is 0.0731. The van der Waals surface area contributed by atoms with Gasteiger partial charge >= 0.3 is 0 Å². The van der Waals surface area contributed by atoms with E-state index in [1.807, 2.05) is 6.07 Å². The monoisotopic (exact) mass is 304 g/mol. The molecule has 1 aromatic rings. The van der Waals surface area contributed by atoms with Crippen molar-refractivity contribution in [3.63, 3.8) is 0 Å². The quantitative estimate of drug-likeness (QED) is 0.804. The summed E-state index contributed by atoms with van der Waals surface area (Å²) in [6, 6.07) is 3.60. The van der Waals surface area contributed by atoms with Crippen molar-refractivity contribution in [2.45, 2.75) is 24.1 Å². The van der Waals surface area contributed by atoms with E-state index in [2.05, 4.69) is 12.2 Å². The molecule has 0 atom stereocenters. The maximum absolute atomic E-state index is 12.4. The second-order valence-corrected chi connectivity index (χ2v) is 7.75. The first-order valence-electron chi connectivity index (χ1n) is 6.52. The van der Waals surface area contributed by atoms with Crippen molar-refractivity contribution in [1.29, 1.82) is 0 Å². The van der Waals surface area contributed by atoms with E-state index in [0.29, 0.717) is 30.5 Å². The molecule has 19 heavy (non-hydrogen) atoms. The average molecular weight is 304 g/mol. The molecule has 108 valence electrons. The number of hydrogen-bond acceptors (Lipinski definition) is 5. The summed E-state index contributed by atoms with van der Waals surface area (Å²) >= 11 is 1.35. The first-order valence-corrected chi connectivity index (χ1v) is 8.77. The van der Waals surface area contributed by atoms with Crippen LogP contribution in [0.4, 0.5) is 0 Å². The number of sulfonamides is 1. The molecule has 7 heteroatoms. The third-order valence-corrected chi connectivity index (χ3v) is 6.38. The predicted octanol–water partition coefficient (Wildman–Crippen LogP) is 1.27. The molecule has 1 saturated heterocycles. The fourth-order valence-electron chi connectivity index (χ4n) is 1.89. The zero-order valence-electron chi connectivity index (χ0n) is 11.1. The van der Waals surface area contributed by atoms with Crippen molar-refractivity contribution in [3.8, 4) is 0 Å². The summed E-state index contributed by atoms with van der Waals surface area (Å²) in [7, 11) is -3.33. The number of ether oxygens (including phenoxy) is 1. The molecule has 0 radical (unpaired) electrons. The van der Waals surface area contributed by atoms with E-state index in [-0.39, 0.29) is 0 Å². The Labute approximate surface area is 118 Å². The Morgan fingerprint density at radius 2 is 2.11 bits per heavy atom. The first-order chi connectivity index (χ1) is 9.14. The summed E-state index contributed by atoms with van der Waals surface area (Å²) in [4.78, 5) is 1.06. The second-order valence-electron chi connectivity index (χ2n) is 4.41. The van der Waals surface area contributed by atoms with Crippen LogP contribution in [0, 0.1) is 0 Å². The minimum absolute atomic E-state index is 0.433. The zero-order chi connectivity index (χ0) is 13.7. The van der Waals surface area contributed by atoms with Gasteiger partial charge in [0.2, 0.25) is 0 Å². The third-order valence-electron chi connectivity index (χ3n) is 2.93. The van der Waals surface area contributed by atoms with Gasteiger partial charge in [0.05, 0.1) is 13.2 Å². The molecule has 1 N–H and O–H groups in total. The number of hydrogen-bond donors (Lipinski definition) is 1. The second kappa shape index (κ2) is 6.81. The fourth-order valence-corrected chi connectivity index (χ4v) is 4.78. The molecule has 1 aromatic heterocycles. The van der Waals surface area contributed by atoms with Gasteiger partial charge in [-0.25, -0.2) is 8.42 Å². The lowest BCUT2D eigenvalue weighted by atomic mass is 10.4. The molecule has 0 aliphatic carbocycles. The standard InChI is InChI=1S/C12H20N2O3S2/c1-2-5-13-10-11-3-4-12(18-11)19(15,16)14-6-8-17-9-7-14/h3-4,13H,2,5-10H2,1H3. The van der Waals surface area contributed by atoms with E-state index in [1.54, 1.807) is 6.07 Å². The van der Waals surface area contributed by atoms with E-state index < -0.39 is 10.0 Å². The topological polar surface area (TPSA) is 58.6 Å². The molecule has 1 fully saturated rings. The lowest BCUT2D eigenvalue weighted by Gasteiger charge is -2.25. The Balaban J connectivity index is 2.03. The molecule has 0 saturated carbocycles. The van der Waals surface area contributed by atoms with Crippen molar-refractivity contribution >= 4 is 21.4 Å². The minimum Gasteiger partial charge on any atom is -0.379 e. The smallest absolute Gasteiger partial charge is 0.252 e. The van der Waals surface area contributed by atoms with Crippen molar-refractivity contribution in [2.75, 3.05) is 32.8 Å². The number of rotatable bonds is 6. The summed E-state index contributed by atoms with van der Waals surface area (Å²) in [6.45, 7) is 5.65. The van der Waals surface area contributed by atoms with Crippen LogP contribution in [0.1, 0.15) is 18.2 Å². The average Bonchev–Trinajstić information content (AvgIpc) is 2.90.